The van der Waals surface area contributed by atoms with Crippen LogP contribution in [0.5, 0.6) is 0 Å². The quantitative estimate of drug-likeness (QED) is 0.444. The number of rotatable bonds is 8. The number of morpholine rings is 1. The Hall–Kier alpha value is -0.900. The number of piperidine rings is 1. The zero-order chi connectivity index (χ0) is 20.6. The number of nitrogens with one attached hydrogen (secondary N) is 2. The molecule has 1 unspecified atom stereocenters. The highest BCUT2D eigenvalue weighted by Crippen LogP contribution is 2.18. The van der Waals surface area contributed by atoms with E-state index in [9.17, 15) is 8.42 Å². The van der Waals surface area contributed by atoms with Gasteiger partial charge in [-0.15, -0.1) is 0 Å². The third kappa shape index (κ3) is 7.50. The second-order valence-electron chi connectivity index (χ2n) is 8.17. The second kappa shape index (κ2) is 11.3. The summed E-state index contributed by atoms with van der Waals surface area (Å²) in [6.07, 6.45) is 3.07. The lowest BCUT2D eigenvalue weighted by Crippen LogP contribution is -2.48. The van der Waals surface area contributed by atoms with Gasteiger partial charge in [0.15, 0.2) is 5.96 Å². The Morgan fingerprint density at radius 3 is 2.32 bits per heavy atom. The predicted molar refractivity (Wildman–Crippen MR) is 114 cm³/mol. The molecule has 2 rings (SSSR count). The van der Waals surface area contributed by atoms with Crippen LogP contribution >= 0.6 is 0 Å². The van der Waals surface area contributed by atoms with E-state index in [4.69, 9.17) is 9.73 Å². The van der Waals surface area contributed by atoms with Crippen molar-refractivity contribution < 1.29 is 13.2 Å². The van der Waals surface area contributed by atoms with E-state index in [2.05, 4.69) is 36.3 Å². The van der Waals surface area contributed by atoms with Crippen molar-refractivity contribution in [1.82, 2.24) is 19.8 Å². The van der Waals surface area contributed by atoms with Gasteiger partial charge in [-0.05, 0) is 31.6 Å². The molecule has 0 aromatic carbocycles. The monoisotopic (exact) mass is 417 g/mol. The van der Waals surface area contributed by atoms with Crippen LogP contribution in [-0.4, -0.2) is 94.9 Å². The first-order valence-corrected chi connectivity index (χ1v) is 12.4. The molecular weight excluding hydrogens is 378 g/mol. The second-order valence-corrected chi connectivity index (χ2v) is 10.1. The summed E-state index contributed by atoms with van der Waals surface area (Å²) in [4.78, 5) is 7.34. The lowest BCUT2D eigenvalue weighted by molar-refractivity contribution is 0.00867. The Morgan fingerprint density at radius 1 is 1.14 bits per heavy atom. The summed E-state index contributed by atoms with van der Waals surface area (Å²) in [5.41, 5.74) is 0. The molecule has 0 amide bonds. The molecule has 0 spiro atoms. The molecule has 2 N–H and O–H groups in total. The van der Waals surface area contributed by atoms with Gasteiger partial charge in [-0.3, -0.25) is 9.89 Å². The minimum Gasteiger partial charge on any atom is -0.379 e. The smallest absolute Gasteiger partial charge is 0.211 e. The SMILES string of the molecule is CCNC(=NCC(C(C)C)N1CCOCC1)NCC1CCN(S(C)(=O)=O)CC1. The van der Waals surface area contributed by atoms with Gasteiger partial charge >= 0.3 is 0 Å². The average molecular weight is 418 g/mol. The molecular formula is C19H39N5O3S. The summed E-state index contributed by atoms with van der Waals surface area (Å²) in [7, 11) is -3.06. The predicted octanol–water partition coefficient (Wildman–Crippen LogP) is 0.570. The van der Waals surface area contributed by atoms with Crippen molar-refractivity contribution in [3.8, 4) is 0 Å². The molecule has 1 atom stereocenters. The number of guanidine groups is 1. The lowest BCUT2D eigenvalue weighted by atomic mass is 9.98. The fraction of sp³-hybridized carbons (Fsp3) is 0.947. The minimum atomic E-state index is -3.06. The topological polar surface area (TPSA) is 86.3 Å². The molecule has 28 heavy (non-hydrogen) atoms. The third-order valence-corrected chi connectivity index (χ3v) is 6.97. The molecule has 8 nitrogen and oxygen atoms in total. The van der Waals surface area contributed by atoms with E-state index in [1.165, 1.54) is 6.26 Å². The first-order valence-electron chi connectivity index (χ1n) is 10.6. The van der Waals surface area contributed by atoms with Crippen molar-refractivity contribution in [2.75, 3.05) is 65.3 Å². The summed E-state index contributed by atoms with van der Waals surface area (Å²) >= 11 is 0. The highest BCUT2D eigenvalue weighted by Gasteiger charge is 2.26. The maximum Gasteiger partial charge on any atom is 0.211 e. The fourth-order valence-corrected chi connectivity index (χ4v) is 4.74. The van der Waals surface area contributed by atoms with Crippen molar-refractivity contribution in [3.05, 3.63) is 0 Å². The Labute approximate surface area is 171 Å². The molecule has 2 fully saturated rings. The van der Waals surface area contributed by atoms with E-state index in [1.54, 1.807) is 4.31 Å². The van der Waals surface area contributed by atoms with Crippen LogP contribution < -0.4 is 10.6 Å². The molecule has 0 aromatic rings. The van der Waals surface area contributed by atoms with Gasteiger partial charge in [0.05, 0.1) is 26.0 Å². The Kier molecular flexibility index (Phi) is 9.46. The summed E-state index contributed by atoms with van der Waals surface area (Å²) in [5, 5.41) is 6.81. The molecule has 0 aliphatic carbocycles. The minimum absolute atomic E-state index is 0.414. The number of hydrogen-bond donors (Lipinski definition) is 2. The van der Waals surface area contributed by atoms with Gasteiger partial charge in [-0.25, -0.2) is 12.7 Å². The van der Waals surface area contributed by atoms with Gasteiger partial charge in [0.2, 0.25) is 10.0 Å². The summed E-state index contributed by atoms with van der Waals surface area (Å²) < 4.78 is 30.4. The molecule has 164 valence electrons. The van der Waals surface area contributed by atoms with Gasteiger partial charge in [-0.2, -0.15) is 0 Å². The van der Waals surface area contributed by atoms with Crippen LogP contribution in [0.15, 0.2) is 4.99 Å². The molecule has 0 radical (unpaired) electrons. The van der Waals surface area contributed by atoms with E-state index in [0.29, 0.717) is 31.0 Å². The molecule has 2 saturated heterocycles. The first-order chi connectivity index (χ1) is 13.3. The van der Waals surface area contributed by atoms with E-state index in [1.807, 2.05) is 0 Å². The lowest BCUT2D eigenvalue weighted by Gasteiger charge is -2.36. The van der Waals surface area contributed by atoms with E-state index >= 15 is 0 Å². The molecule has 9 heteroatoms. The maximum atomic E-state index is 11.6. The van der Waals surface area contributed by atoms with Crippen LogP contribution in [0.25, 0.3) is 0 Å². The van der Waals surface area contributed by atoms with Crippen LogP contribution in [0.3, 0.4) is 0 Å². The van der Waals surface area contributed by atoms with Gasteiger partial charge in [0, 0.05) is 45.3 Å². The summed E-state index contributed by atoms with van der Waals surface area (Å²) in [6.45, 7) is 13.8. The van der Waals surface area contributed by atoms with Gasteiger partial charge < -0.3 is 15.4 Å². The van der Waals surface area contributed by atoms with Crippen molar-refractivity contribution in [2.24, 2.45) is 16.8 Å². The zero-order valence-corrected chi connectivity index (χ0v) is 18.8. The van der Waals surface area contributed by atoms with Crippen LogP contribution in [0, 0.1) is 11.8 Å². The zero-order valence-electron chi connectivity index (χ0n) is 18.0. The molecule has 0 aromatic heterocycles. The molecule has 0 bridgehead atoms. The first kappa shape index (κ1) is 23.4. The molecule has 0 saturated carbocycles. The average Bonchev–Trinajstić information content (AvgIpc) is 2.66. The highest BCUT2D eigenvalue weighted by atomic mass is 32.2. The summed E-state index contributed by atoms with van der Waals surface area (Å²) in [6, 6.07) is 0.414. The normalized spacial score (nSPS) is 22.4. The summed E-state index contributed by atoms with van der Waals surface area (Å²) in [5.74, 6) is 1.86. The van der Waals surface area contributed by atoms with E-state index < -0.39 is 10.0 Å². The van der Waals surface area contributed by atoms with Crippen LogP contribution in [0.4, 0.5) is 0 Å². The Morgan fingerprint density at radius 2 is 1.79 bits per heavy atom. The molecule has 2 aliphatic heterocycles. The number of ether oxygens (including phenoxy) is 1. The number of sulfonamides is 1. The third-order valence-electron chi connectivity index (χ3n) is 5.67. The highest BCUT2D eigenvalue weighted by molar-refractivity contribution is 7.88. The van der Waals surface area contributed by atoms with Gasteiger partial charge in [0.25, 0.3) is 0 Å². The number of nitrogens with zero attached hydrogens (tertiary/aromatic N) is 3. The largest absolute Gasteiger partial charge is 0.379 e. The Balaban J connectivity index is 1.85. The Bertz CT molecular complexity index is 582. The fourth-order valence-electron chi connectivity index (χ4n) is 3.87. The molecule has 2 heterocycles. The van der Waals surface area contributed by atoms with Crippen LogP contribution in [-0.2, 0) is 14.8 Å². The van der Waals surface area contributed by atoms with Crippen LogP contribution in [0.2, 0.25) is 0 Å². The van der Waals surface area contributed by atoms with Crippen LogP contribution in [0.1, 0.15) is 33.6 Å². The van der Waals surface area contributed by atoms with Crippen molar-refractivity contribution in [3.63, 3.8) is 0 Å². The number of aliphatic imine (C=N–C) groups is 1. The standard InChI is InChI=1S/C19H39N5O3S/c1-5-20-19(21-14-17-6-8-24(9-7-17)28(4,25)26)22-15-18(16(2)3)23-10-12-27-13-11-23/h16-18H,5-15H2,1-4H3,(H2,20,21,22). The van der Waals surface area contributed by atoms with Gasteiger partial charge in [0.1, 0.15) is 0 Å². The van der Waals surface area contributed by atoms with E-state index in [-0.39, 0.29) is 0 Å². The van der Waals surface area contributed by atoms with E-state index in [0.717, 1.165) is 64.7 Å². The van der Waals surface area contributed by atoms with Crippen molar-refractivity contribution >= 4 is 16.0 Å². The number of hydrogen-bond acceptors (Lipinski definition) is 5. The van der Waals surface area contributed by atoms with Crippen molar-refractivity contribution in [2.45, 2.75) is 39.7 Å². The molecule has 2 aliphatic rings. The van der Waals surface area contributed by atoms with Gasteiger partial charge in [-0.1, -0.05) is 13.8 Å². The maximum absolute atomic E-state index is 11.6. The van der Waals surface area contributed by atoms with Crippen molar-refractivity contribution in [1.29, 1.82) is 0 Å².